The first-order chi connectivity index (χ1) is 13.4. The predicted octanol–water partition coefficient (Wildman–Crippen LogP) is 3.29. The molecule has 1 saturated heterocycles. The number of anilines is 2. The summed E-state index contributed by atoms with van der Waals surface area (Å²) in [5.41, 5.74) is 2.86. The van der Waals surface area contributed by atoms with Crippen molar-refractivity contribution in [2.75, 3.05) is 23.3 Å². The van der Waals surface area contributed by atoms with Crippen molar-refractivity contribution in [1.29, 1.82) is 0 Å². The summed E-state index contributed by atoms with van der Waals surface area (Å²) < 4.78 is 27.7. The summed E-state index contributed by atoms with van der Waals surface area (Å²) in [4.78, 5) is 15.4. The van der Waals surface area contributed by atoms with Crippen LogP contribution in [0.4, 0.5) is 11.4 Å². The first kappa shape index (κ1) is 19.0. The molecule has 2 N–H and O–H groups in total. The third-order valence-corrected chi connectivity index (χ3v) is 6.78. The molecule has 148 valence electrons. The maximum Gasteiger partial charge on any atom is 0.256 e. The first-order valence-corrected chi connectivity index (χ1v) is 11.2. The zero-order chi connectivity index (χ0) is 19.7. The van der Waals surface area contributed by atoms with Gasteiger partial charge >= 0.3 is 0 Å². The van der Waals surface area contributed by atoms with Crippen molar-refractivity contribution in [2.45, 2.75) is 43.5 Å². The van der Waals surface area contributed by atoms with Crippen LogP contribution < -0.4 is 14.9 Å². The van der Waals surface area contributed by atoms with E-state index in [1.54, 1.807) is 12.1 Å². The Bertz CT molecular complexity index is 994. The lowest BCUT2D eigenvalue weighted by molar-refractivity contribution is 0.102. The summed E-state index contributed by atoms with van der Waals surface area (Å²) in [6.07, 6.45) is 4.03. The minimum absolute atomic E-state index is 0.0240. The number of rotatable bonds is 6. The standard InChI is InChI=1S/C21H25N3O3S/c1-15-8-11-17(28(26,27)23-16-9-10-16)14-18(15)21(25)22-19-6-2-3-7-20(19)24-12-4-5-13-24/h2-3,6-8,11,14,16,23H,4-5,9-10,12-13H2,1H3,(H,22,25). The molecular formula is C21H25N3O3S. The molecule has 0 aromatic heterocycles. The molecule has 2 aromatic carbocycles. The van der Waals surface area contributed by atoms with E-state index < -0.39 is 10.0 Å². The maximum atomic E-state index is 13.0. The smallest absolute Gasteiger partial charge is 0.256 e. The van der Waals surface area contributed by atoms with E-state index in [9.17, 15) is 13.2 Å². The quantitative estimate of drug-likeness (QED) is 0.781. The average molecular weight is 400 g/mol. The summed E-state index contributed by atoms with van der Waals surface area (Å²) in [5, 5.41) is 2.98. The van der Waals surface area contributed by atoms with Crippen molar-refractivity contribution in [2.24, 2.45) is 0 Å². The van der Waals surface area contributed by atoms with Crippen molar-refractivity contribution in [1.82, 2.24) is 4.72 Å². The summed E-state index contributed by atoms with van der Waals surface area (Å²) in [6, 6.07) is 12.5. The van der Waals surface area contributed by atoms with Gasteiger partial charge in [0.25, 0.3) is 5.91 Å². The van der Waals surface area contributed by atoms with Crippen LogP contribution in [-0.4, -0.2) is 33.5 Å². The van der Waals surface area contributed by atoms with E-state index in [1.165, 1.54) is 6.07 Å². The molecule has 1 amide bonds. The highest BCUT2D eigenvalue weighted by atomic mass is 32.2. The van der Waals surface area contributed by atoms with Crippen LogP contribution in [0.1, 0.15) is 41.6 Å². The molecule has 0 radical (unpaired) electrons. The lowest BCUT2D eigenvalue weighted by Crippen LogP contribution is -2.26. The molecule has 1 aliphatic heterocycles. The van der Waals surface area contributed by atoms with E-state index in [-0.39, 0.29) is 16.8 Å². The Balaban J connectivity index is 1.59. The molecule has 1 saturated carbocycles. The van der Waals surface area contributed by atoms with E-state index in [2.05, 4.69) is 14.9 Å². The van der Waals surface area contributed by atoms with Crippen LogP contribution in [0.5, 0.6) is 0 Å². The normalized spacial score (nSPS) is 17.0. The molecular weight excluding hydrogens is 374 g/mol. The predicted molar refractivity (Wildman–Crippen MR) is 110 cm³/mol. The second-order valence-electron chi connectivity index (χ2n) is 7.54. The second kappa shape index (κ2) is 7.56. The van der Waals surface area contributed by atoms with E-state index in [1.807, 2.05) is 31.2 Å². The van der Waals surface area contributed by atoms with Crippen LogP contribution in [0.25, 0.3) is 0 Å². The number of para-hydroxylation sites is 2. The Morgan fingerprint density at radius 1 is 1.07 bits per heavy atom. The average Bonchev–Trinajstić information content (AvgIpc) is 3.30. The molecule has 2 aromatic rings. The van der Waals surface area contributed by atoms with Crippen LogP contribution in [-0.2, 0) is 10.0 Å². The van der Waals surface area contributed by atoms with Crippen LogP contribution in [0.2, 0.25) is 0 Å². The molecule has 0 atom stereocenters. The minimum atomic E-state index is -3.60. The minimum Gasteiger partial charge on any atom is -0.370 e. The number of carbonyl (C=O) groups excluding carboxylic acids is 1. The van der Waals surface area contributed by atoms with Gasteiger partial charge in [0.1, 0.15) is 0 Å². The highest BCUT2D eigenvalue weighted by Crippen LogP contribution is 2.29. The van der Waals surface area contributed by atoms with E-state index in [4.69, 9.17) is 0 Å². The SMILES string of the molecule is Cc1ccc(S(=O)(=O)NC2CC2)cc1C(=O)Nc1ccccc1N1CCCC1. The highest BCUT2D eigenvalue weighted by Gasteiger charge is 2.28. The highest BCUT2D eigenvalue weighted by molar-refractivity contribution is 7.89. The van der Waals surface area contributed by atoms with Gasteiger partial charge in [-0.25, -0.2) is 13.1 Å². The molecule has 0 unspecified atom stereocenters. The topological polar surface area (TPSA) is 78.5 Å². The van der Waals surface area contributed by atoms with E-state index >= 15 is 0 Å². The van der Waals surface area contributed by atoms with Gasteiger partial charge in [0.2, 0.25) is 10.0 Å². The largest absolute Gasteiger partial charge is 0.370 e. The van der Waals surface area contributed by atoms with Gasteiger partial charge in [-0.2, -0.15) is 0 Å². The number of nitrogens with one attached hydrogen (secondary N) is 2. The van der Waals surface area contributed by atoms with Gasteiger partial charge in [0, 0.05) is 24.7 Å². The molecule has 0 spiro atoms. The summed E-state index contributed by atoms with van der Waals surface area (Å²) in [6.45, 7) is 3.77. The number of nitrogens with zero attached hydrogens (tertiary/aromatic N) is 1. The molecule has 0 bridgehead atoms. The third kappa shape index (κ3) is 4.05. The summed E-state index contributed by atoms with van der Waals surface area (Å²) in [7, 11) is -3.60. The third-order valence-electron chi connectivity index (χ3n) is 5.26. The van der Waals surface area contributed by atoms with Crippen LogP contribution in [0, 0.1) is 6.92 Å². The lowest BCUT2D eigenvalue weighted by atomic mass is 10.1. The number of carbonyl (C=O) groups is 1. The van der Waals surface area contributed by atoms with Crippen molar-refractivity contribution in [3.05, 3.63) is 53.6 Å². The van der Waals surface area contributed by atoms with Gasteiger partial charge in [0.05, 0.1) is 16.3 Å². The molecule has 2 fully saturated rings. The molecule has 1 heterocycles. The van der Waals surface area contributed by atoms with E-state index in [0.717, 1.165) is 55.7 Å². The molecule has 1 aliphatic carbocycles. The molecule has 2 aliphatic rings. The Kier molecular flexibility index (Phi) is 5.12. The number of aryl methyl sites for hydroxylation is 1. The molecule has 4 rings (SSSR count). The zero-order valence-corrected chi connectivity index (χ0v) is 16.8. The fourth-order valence-corrected chi connectivity index (χ4v) is 4.84. The molecule has 28 heavy (non-hydrogen) atoms. The van der Waals surface area contributed by atoms with Gasteiger partial charge in [0.15, 0.2) is 0 Å². The van der Waals surface area contributed by atoms with Gasteiger partial charge < -0.3 is 10.2 Å². The maximum absolute atomic E-state index is 13.0. The van der Waals surface area contributed by atoms with Crippen molar-refractivity contribution in [3.63, 3.8) is 0 Å². The van der Waals surface area contributed by atoms with Crippen molar-refractivity contribution < 1.29 is 13.2 Å². The Labute approximate surface area is 166 Å². The van der Waals surface area contributed by atoms with Gasteiger partial charge in [-0.05, 0) is 62.4 Å². The van der Waals surface area contributed by atoms with Crippen LogP contribution >= 0.6 is 0 Å². The van der Waals surface area contributed by atoms with Crippen LogP contribution in [0.3, 0.4) is 0 Å². The lowest BCUT2D eigenvalue weighted by Gasteiger charge is -2.21. The monoisotopic (exact) mass is 399 g/mol. The van der Waals surface area contributed by atoms with Crippen LogP contribution in [0.15, 0.2) is 47.4 Å². The molecule has 7 heteroatoms. The van der Waals surface area contributed by atoms with Gasteiger partial charge in [-0.1, -0.05) is 18.2 Å². The Hall–Kier alpha value is -2.38. The fraction of sp³-hybridized carbons (Fsp3) is 0.381. The number of benzene rings is 2. The number of amides is 1. The van der Waals surface area contributed by atoms with Gasteiger partial charge in [-0.3, -0.25) is 4.79 Å². The number of sulfonamides is 1. The van der Waals surface area contributed by atoms with E-state index in [0.29, 0.717) is 5.56 Å². The first-order valence-electron chi connectivity index (χ1n) is 9.72. The van der Waals surface area contributed by atoms with Crippen molar-refractivity contribution in [3.8, 4) is 0 Å². The van der Waals surface area contributed by atoms with Gasteiger partial charge in [-0.15, -0.1) is 0 Å². The summed E-state index contributed by atoms with van der Waals surface area (Å²) in [5.74, 6) is -0.299. The second-order valence-corrected chi connectivity index (χ2v) is 9.25. The number of hydrogen-bond acceptors (Lipinski definition) is 4. The summed E-state index contributed by atoms with van der Waals surface area (Å²) >= 11 is 0. The Morgan fingerprint density at radius 2 is 1.79 bits per heavy atom. The van der Waals surface area contributed by atoms with Crippen molar-refractivity contribution >= 4 is 27.3 Å². The zero-order valence-electron chi connectivity index (χ0n) is 15.9. The fourth-order valence-electron chi connectivity index (χ4n) is 3.50. The Morgan fingerprint density at radius 3 is 2.50 bits per heavy atom. The number of hydrogen-bond donors (Lipinski definition) is 2. The molecule has 6 nitrogen and oxygen atoms in total.